The SMILES string of the molecule is CCCCC1CCCC(N2C3CCCC2CC(n2c(C(=O)O)nc4ccccc4c2=O)C3)C1. The van der Waals surface area contributed by atoms with Crippen LogP contribution in [0.5, 0.6) is 0 Å². The summed E-state index contributed by atoms with van der Waals surface area (Å²) in [6, 6.07) is 8.56. The highest BCUT2D eigenvalue weighted by Crippen LogP contribution is 2.44. The Labute approximate surface area is 196 Å². The maximum atomic E-state index is 13.4. The molecule has 0 amide bonds. The largest absolute Gasteiger partial charge is 0.475 e. The number of rotatable bonds is 6. The Morgan fingerprint density at radius 3 is 2.36 bits per heavy atom. The molecule has 5 rings (SSSR count). The third-order valence-electron chi connectivity index (χ3n) is 8.51. The summed E-state index contributed by atoms with van der Waals surface area (Å²) in [6.45, 7) is 2.28. The van der Waals surface area contributed by atoms with Gasteiger partial charge in [0.25, 0.3) is 5.56 Å². The van der Waals surface area contributed by atoms with Crippen LogP contribution in [0.1, 0.15) is 101 Å². The quantitative estimate of drug-likeness (QED) is 0.636. The molecule has 3 aliphatic rings. The zero-order valence-electron chi connectivity index (χ0n) is 19.8. The van der Waals surface area contributed by atoms with Crippen molar-refractivity contribution >= 4 is 16.9 Å². The zero-order valence-corrected chi connectivity index (χ0v) is 19.8. The van der Waals surface area contributed by atoms with Crippen LogP contribution in [-0.2, 0) is 0 Å². The first-order chi connectivity index (χ1) is 16.1. The van der Waals surface area contributed by atoms with Gasteiger partial charge in [0.2, 0.25) is 5.82 Å². The smallest absolute Gasteiger partial charge is 0.372 e. The minimum atomic E-state index is -1.11. The van der Waals surface area contributed by atoms with Crippen molar-refractivity contribution in [3.05, 3.63) is 40.4 Å². The molecule has 1 aliphatic carbocycles. The summed E-state index contributed by atoms with van der Waals surface area (Å²) in [5.74, 6) is -0.364. The highest BCUT2D eigenvalue weighted by Gasteiger charge is 2.44. The molecule has 1 aromatic heterocycles. The third kappa shape index (κ3) is 4.34. The third-order valence-corrected chi connectivity index (χ3v) is 8.51. The normalized spacial score (nSPS) is 30.4. The van der Waals surface area contributed by atoms with E-state index in [-0.39, 0.29) is 17.4 Å². The molecule has 6 heteroatoms. The van der Waals surface area contributed by atoms with Crippen molar-refractivity contribution in [2.24, 2.45) is 5.92 Å². The number of aromatic nitrogens is 2. The van der Waals surface area contributed by atoms with Gasteiger partial charge in [-0.2, -0.15) is 0 Å². The predicted octanol–water partition coefficient (Wildman–Crippen LogP) is 5.40. The fourth-order valence-electron chi connectivity index (χ4n) is 7.12. The summed E-state index contributed by atoms with van der Waals surface area (Å²) >= 11 is 0. The summed E-state index contributed by atoms with van der Waals surface area (Å²) in [5, 5.41) is 10.4. The number of benzene rings is 1. The number of carboxylic acid groups (broad SMARTS) is 1. The minimum absolute atomic E-state index is 0.0910. The van der Waals surface area contributed by atoms with Gasteiger partial charge >= 0.3 is 5.97 Å². The Bertz CT molecular complexity index is 1050. The lowest BCUT2D eigenvalue weighted by molar-refractivity contribution is -0.0361. The van der Waals surface area contributed by atoms with Gasteiger partial charge in [0, 0.05) is 24.2 Å². The van der Waals surface area contributed by atoms with Gasteiger partial charge in [-0.05, 0) is 56.6 Å². The second-order valence-corrected chi connectivity index (χ2v) is 10.6. The van der Waals surface area contributed by atoms with Crippen molar-refractivity contribution in [2.75, 3.05) is 0 Å². The van der Waals surface area contributed by atoms with Crippen molar-refractivity contribution in [1.29, 1.82) is 0 Å². The molecule has 3 heterocycles. The topological polar surface area (TPSA) is 75.4 Å². The number of para-hydroxylation sites is 1. The van der Waals surface area contributed by atoms with Crippen LogP contribution >= 0.6 is 0 Å². The standard InChI is InChI=1S/C27H37N3O3/c1-2-3-8-18-9-6-10-19(15-18)29-20-11-7-12-21(29)17-22(16-20)30-25(27(32)33)28-24-14-5-4-13-23(24)26(30)31/h4-5,13-14,18-22H,2-3,6-12,15-17H2,1H3,(H,32,33). The monoisotopic (exact) mass is 451 g/mol. The van der Waals surface area contributed by atoms with Crippen molar-refractivity contribution < 1.29 is 9.90 Å². The van der Waals surface area contributed by atoms with E-state index in [1.807, 2.05) is 6.07 Å². The summed E-state index contributed by atoms with van der Waals surface area (Å²) in [6.07, 6.45) is 14.5. The molecule has 2 aromatic rings. The second kappa shape index (κ2) is 9.57. The van der Waals surface area contributed by atoms with Crippen LogP contribution in [0.25, 0.3) is 10.9 Å². The molecule has 1 saturated carbocycles. The molecule has 4 atom stereocenters. The van der Waals surface area contributed by atoms with Gasteiger partial charge in [0.15, 0.2) is 0 Å². The molecular weight excluding hydrogens is 414 g/mol. The summed E-state index contributed by atoms with van der Waals surface area (Å²) in [5.41, 5.74) is 0.265. The number of carboxylic acids is 1. The Kier molecular flexibility index (Phi) is 6.55. The number of hydrogen-bond acceptors (Lipinski definition) is 4. The molecule has 2 saturated heterocycles. The molecule has 33 heavy (non-hydrogen) atoms. The first kappa shape index (κ1) is 22.6. The van der Waals surface area contributed by atoms with Crippen molar-refractivity contribution in [3.8, 4) is 0 Å². The number of piperidine rings is 2. The van der Waals surface area contributed by atoms with Crippen LogP contribution in [0.4, 0.5) is 0 Å². The number of fused-ring (bicyclic) bond motifs is 3. The van der Waals surface area contributed by atoms with Gasteiger partial charge in [-0.1, -0.05) is 57.6 Å². The molecule has 4 unspecified atom stereocenters. The number of nitrogens with zero attached hydrogens (tertiary/aromatic N) is 3. The lowest BCUT2D eigenvalue weighted by Crippen LogP contribution is -2.58. The molecule has 0 spiro atoms. The highest BCUT2D eigenvalue weighted by molar-refractivity contribution is 5.87. The van der Waals surface area contributed by atoms with Crippen molar-refractivity contribution in [2.45, 2.75) is 108 Å². The van der Waals surface area contributed by atoms with Crippen LogP contribution < -0.4 is 5.56 Å². The molecule has 0 radical (unpaired) electrons. The first-order valence-corrected chi connectivity index (χ1v) is 13.1. The molecule has 1 N–H and O–H groups in total. The number of carbonyl (C=O) groups is 1. The van der Waals surface area contributed by atoms with Gasteiger partial charge in [-0.15, -0.1) is 0 Å². The van der Waals surface area contributed by atoms with E-state index < -0.39 is 5.97 Å². The van der Waals surface area contributed by atoms with E-state index in [4.69, 9.17) is 0 Å². The Morgan fingerprint density at radius 1 is 1.00 bits per heavy atom. The summed E-state index contributed by atoms with van der Waals surface area (Å²) in [4.78, 5) is 32.8. The van der Waals surface area contributed by atoms with E-state index in [0.29, 0.717) is 29.0 Å². The number of aromatic carboxylic acids is 1. The van der Waals surface area contributed by atoms with E-state index >= 15 is 0 Å². The lowest BCUT2D eigenvalue weighted by Gasteiger charge is -2.54. The maximum absolute atomic E-state index is 13.4. The molecule has 178 valence electrons. The van der Waals surface area contributed by atoms with E-state index in [0.717, 1.165) is 31.6 Å². The maximum Gasteiger partial charge on any atom is 0.372 e. The summed E-state index contributed by atoms with van der Waals surface area (Å²) in [7, 11) is 0. The average molecular weight is 452 g/mol. The highest BCUT2D eigenvalue weighted by atomic mass is 16.4. The number of hydrogen-bond donors (Lipinski definition) is 1. The van der Waals surface area contributed by atoms with Gasteiger partial charge in [0.1, 0.15) is 0 Å². The minimum Gasteiger partial charge on any atom is -0.475 e. The average Bonchev–Trinajstić information content (AvgIpc) is 2.82. The van der Waals surface area contributed by atoms with Gasteiger partial charge < -0.3 is 5.11 Å². The Balaban J connectivity index is 1.43. The van der Waals surface area contributed by atoms with Crippen molar-refractivity contribution in [3.63, 3.8) is 0 Å². The van der Waals surface area contributed by atoms with E-state index in [9.17, 15) is 14.7 Å². The van der Waals surface area contributed by atoms with Crippen LogP contribution in [0.2, 0.25) is 0 Å². The zero-order chi connectivity index (χ0) is 22.9. The van der Waals surface area contributed by atoms with Gasteiger partial charge in [-0.25, -0.2) is 9.78 Å². The number of unbranched alkanes of at least 4 members (excludes halogenated alkanes) is 1. The second-order valence-electron chi connectivity index (χ2n) is 10.6. The first-order valence-electron chi connectivity index (χ1n) is 13.1. The van der Waals surface area contributed by atoms with Crippen LogP contribution in [0.3, 0.4) is 0 Å². The van der Waals surface area contributed by atoms with Crippen LogP contribution in [0, 0.1) is 5.92 Å². The Morgan fingerprint density at radius 2 is 1.67 bits per heavy atom. The molecule has 3 fully saturated rings. The van der Waals surface area contributed by atoms with Gasteiger partial charge in [-0.3, -0.25) is 14.3 Å². The van der Waals surface area contributed by atoms with Gasteiger partial charge in [0.05, 0.1) is 10.9 Å². The molecule has 2 bridgehead atoms. The van der Waals surface area contributed by atoms with Crippen LogP contribution in [0.15, 0.2) is 29.1 Å². The fourth-order valence-corrected chi connectivity index (χ4v) is 7.12. The van der Waals surface area contributed by atoms with E-state index in [1.165, 1.54) is 55.9 Å². The van der Waals surface area contributed by atoms with Crippen molar-refractivity contribution in [1.82, 2.24) is 14.5 Å². The predicted molar refractivity (Wildman–Crippen MR) is 130 cm³/mol. The fraction of sp³-hybridized carbons (Fsp3) is 0.667. The molecule has 2 aliphatic heterocycles. The molecular formula is C27H37N3O3. The summed E-state index contributed by atoms with van der Waals surface area (Å²) < 4.78 is 1.53. The van der Waals surface area contributed by atoms with E-state index in [2.05, 4.69) is 16.8 Å². The Hall–Kier alpha value is -2.21. The van der Waals surface area contributed by atoms with E-state index in [1.54, 1.807) is 18.2 Å². The lowest BCUT2D eigenvalue weighted by atomic mass is 9.76. The molecule has 1 aromatic carbocycles. The molecule has 6 nitrogen and oxygen atoms in total. The van der Waals surface area contributed by atoms with Crippen LogP contribution in [-0.4, -0.2) is 43.7 Å².